The van der Waals surface area contributed by atoms with E-state index in [0.29, 0.717) is 10.9 Å². The summed E-state index contributed by atoms with van der Waals surface area (Å²) in [6, 6.07) is 6.19. The first-order chi connectivity index (χ1) is 12.4. The van der Waals surface area contributed by atoms with E-state index >= 15 is 0 Å². The Kier molecular flexibility index (Phi) is 5.71. The second-order valence-corrected chi connectivity index (χ2v) is 7.42. The highest BCUT2D eigenvalue weighted by atomic mass is 32.2. The molecule has 0 aliphatic carbocycles. The maximum Gasteiger partial charge on any atom is 0.276 e. The summed E-state index contributed by atoms with van der Waals surface area (Å²) in [4.78, 5) is 3.95. The fourth-order valence-electron chi connectivity index (χ4n) is 3.12. The number of aryl methyl sites for hydroxylation is 1. The molecule has 0 amide bonds. The van der Waals surface area contributed by atoms with Crippen molar-refractivity contribution in [3.8, 4) is 5.75 Å². The Morgan fingerprint density at radius 1 is 1.27 bits per heavy atom. The number of halogens is 2. The molecule has 2 aliphatic rings. The van der Waals surface area contributed by atoms with Crippen LogP contribution < -0.4 is 10.1 Å². The van der Waals surface area contributed by atoms with Gasteiger partial charge < -0.3 is 25.0 Å². The number of nitrogens with one attached hydrogen (secondary N) is 1. The number of hydrogen-bond donors (Lipinski definition) is 3. The van der Waals surface area contributed by atoms with Crippen LogP contribution in [0.3, 0.4) is 0 Å². The third kappa shape index (κ3) is 3.80. The van der Waals surface area contributed by atoms with Gasteiger partial charge in [-0.15, -0.1) is 0 Å². The molecule has 0 bridgehead atoms. The highest BCUT2D eigenvalue weighted by Crippen LogP contribution is 2.40. The van der Waals surface area contributed by atoms with Crippen LogP contribution in [-0.4, -0.2) is 65.3 Å². The molecule has 5 atom stereocenters. The lowest BCUT2D eigenvalue weighted by Gasteiger charge is -2.41. The molecule has 0 unspecified atom stereocenters. The molecule has 2 saturated heterocycles. The van der Waals surface area contributed by atoms with Crippen LogP contribution in [0, 0.1) is 0 Å². The summed E-state index contributed by atoms with van der Waals surface area (Å²) >= 11 is 1.14. The quantitative estimate of drug-likeness (QED) is 0.707. The summed E-state index contributed by atoms with van der Waals surface area (Å²) < 4.78 is 39.9. The van der Waals surface area contributed by atoms with E-state index in [0.717, 1.165) is 17.3 Å². The van der Waals surface area contributed by atoms with Crippen molar-refractivity contribution < 1.29 is 28.5 Å². The first-order valence-electron chi connectivity index (χ1n) is 8.28. The molecule has 2 heterocycles. The molecule has 3 N–H and O–H groups in total. The summed E-state index contributed by atoms with van der Waals surface area (Å²) in [5.74, 6) is -2.64. The van der Waals surface area contributed by atoms with Crippen LogP contribution in [0.5, 0.6) is 5.75 Å². The van der Waals surface area contributed by atoms with Crippen molar-refractivity contribution in [2.45, 2.75) is 48.6 Å². The summed E-state index contributed by atoms with van der Waals surface area (Å²) in [5.41, 5.74) is 0.00970. The minimum atomic E-state index is -3.29. The van der Waals surface area contributed by atoms with Crippen molar-refractivity contribution in [3.63, 3.8) is 0 Å². The average molecular weight is 388 g/mol. The second-order valence-electron chi connectivity index (χ2n) is 6.33. The van der Waals surface area contributed by atoms with Crippen molar-refractivity contribution in [1.29, 1.82) is 0 Å². The Hall–Kier alpha value is -1.42. The van der Waals surface area contributed by atoms with Gasteiger partial charge in [0.1, 0.15) is 23.4 Å². The molecule has 3 rings (SSSR count). The summed E-state index contributed by atoms with van der Waals surface area (Å²) in [6.07, 6.45) is -5.22. The van der Waals surface area contributed by atoms with Gasteiger partial charge in [0.15, 0.2) is 11.3 Å². The number of ether oxygens (including phenoxy) is 2. The lowest BCUT2D eigenvalue weighted by atomic mass is 9.91. The Morgan fingerprint density at radius 3 is 2.58 bits per heavy atom. The van der Waals surface area contributed by atoms with Crippen LogP contribution >= 0.6 is 11.8 Å². The van der Waals surface area contributed by atoms with E-state index in [-0.39, 0.29) is 6.42 Å². The Morgan fingerprint density at radius 2 is 1.96 bits per heavy atom. The van der Waals surface area contributed by atoms with Gasteiger partial charge in [-0.2, -0.15) is 0 Å². The zero-order valence-electron chi connectivity index (χ0n) is 14.4. The highest BCUT2D eigenvalue weighted by molar-refractivity contribution is 8.14. The lowest BCUT2D eigenvalue weighted by Crippen LogP contribution is -2.63. The number of nitrogens with zero attached hydrogens (tertiary/aromatic N) is 1. The van der Waals surface area contributed by atoms with Crippen molar-refractivity contribution in [2.75, 3.05) is 14.2 Å². The van der Waals surface area contributed by atoms with Gasteiger partial charge in [0.25, 0.3) is 5.92 Å². The van der Waals surface area contributed by atoms with E-state index < -0.39 is 42.1 Å². The van der Waals surface area contributed by atoms with Gasteiger partial charge in [0.05, 0.1) is 13.2 Å². The Bertz CT molecular complexity index is 659. The summed E-state index contributed by atoms with van der Waals surface area (Å²) in [5, 5.41) is 23.8. The number of thioether (sulfide) groups is 1. The summed E-state index contributed by atoms with van der Waals surface area (Å²) in [6.45, 7) is 0. The smallest absolute Gasteiger partial charge is 0.276 e. The van der Waals surface area contributed by atoms with E-state index in [9.17, 15) is 19.0 Å². The van der Waals surface area contributed by atoms with Gasteiger partial charge in [0.2, 0.25) is 0 Å². The average Bonchev–Trinajstić information content (AvgIpc) is 3.07. The number of benzene rings is 1. The molecular weight excluding hydrogens is 366 g/mol. The van der Waals surface area contributed by atoms with Gasteiger partial charge in [-0.1, -0.05) is 23.9 Å². The number of aliphatic imine (C=N–C) groups is 1. The van der Waals surface area contributed by atoms with Crippen molar-refractivity contribution >= 4 is 16.9 Å². The van der Waals surface area contributed by atoms with Crippen LogP contribution in [-0.2, 0) is 11.2 Å². The zero-order valence-corrected chi connectivity index (χ0v) is 15.2. The molecule has 0 saturated carbocycles. The Balaban J connectivity index is 1.67. The minimum Gasteiger partial charge on any atom is -0.497 e. The van der Waals surface area contributed by atoms with Crippen molar-refractivity contribution in [2.24, 2.45) is 4.99 Å². The highest BCUT2D eigenvalue weighted by Gasteiger charge is 2.56. The first-order valence-corrected chi connectivity index (χ1v) is 9.16. The van der Waals surface area contributed by atoms with Crippen LogP contribution in [0.2, 0.25) is 0 Å². The molecule has 2 aliphatic heterocycles. The monoisotopic (exact) mass is 388 g/mol. The first kappa shape index (κ1) is 19.3. The number of alkyl halides is 2. The molecule has 0 spiro atoms. The predicted octanol–water partition coefficient (Wildman–Crippen LogP) is 1.40. The number of hydrogen-bond acceptors (Lipinski definition) is 6. The predicted molar refractivity (Wildman–Crippen MR) is 94.8 cm³/mol. The summed E-state index contributed by atoms with van der Waals surface area (Å²) in [7, 11) is 3.09. The normalized spacial score (nSPS) is 33.0. The molecule has 2 fully saturated rings. The number of aliphatic hydroxyl groups is 2. The SMILES string of the molecule is CN=C1N[C@@H]2[C@@H](O)[C@H](O)[C@@H](C(F)(F)CCc3ccc(OC)cc3)O[C@@H]2S1. The number of amidine groups is 1. The van der Waals surface area contributed by atoms with E-state index in [1.165, 1.54) is 7.11 Å². The van der Waals surface area contributed by atoms with Crippen LogP contribution in [0.1, 0.15) is 12.0 Å². The van der Waals surface area contributed by atoms with Gasteiger partial charge in [-0.3, -0.25) is 4.99 Å². The fourth-order valence-corrected chi connectivity index (χ4v) is 4.20. The van der Waals surface area contributed by atoms with Crippen molar-refractivity contribution in [3.05, 3.63) is 29.8 Å². The standard InChI is InChI=1S/C17H22F2N2O4S/c1-20-16-21-11-12(22)13(23)14(25-15(11)26-16)17(18,19)8-7-9-3-5-10(24-2)6-4-9/h3-6,11-15,22-23H,7-8H2,1-2H3,(H,20,21)/t11-,12-,13+,14+,15-/m1/s1. The molecule has 144 valence electrons. The maximum absolute atomic E-state index is 14.7. The minimum absolute atomic E-state index is 0.112. The molecule has 1 aromatic carbocycles. The number of rotatable bonds is 5. The fraction of sp³-hybridized carbons (Fsp3) is 0.588. The third-order valence-electron chi connectivity index (χ3n) is 4.65. The van der Waals surface area contributed by atoms with Gasteiger partial charge >= 0.3 is 0 Å². The number of fused-ring (bicyclic) bond motifs is 1. The van der Waals surface area contributed by atoms with Gasteiger partial charge in [-0.25, -0.2) is 8.78 Å². The van der Waals surface area contributed by atoms with E-state index in [2.05, 4.69) is 10.3 Å². The topological polar surface area (TPSA) is 83.3 Å². The second kappa shape index (κ2) is 7.67. The van der Waals surface area contributed by atoms with Crippen LogP contribution in [0.4, 0.5) is 8.78 Å². The van der Waals surface area contributed by atoms with Gasteiger partial charge in [-0.05, 0) is 24.1 Å². The lowest BCUT2D eigenvalue weighted by molar-refractivity contribution is -0.236. The third-order valence-corrected chi connectivity index (χ3v) is 5.81. The zero-order chi connectivity index (χ0) is 18.9. The molecular formula is C17H22F2N2O4S. The molecule has 1 aromatic rings. The Labute approximate surface area is 154 Å². The van der Waals surface area contributed by atoms with Crippen molar-refractivity contribution in [1.82, 2.24) is 5.32 Å². The largest absolute Gasteiger partial charge is 0.497 e. The van der Waals surface area contributed by atoms with E-state index in [1.54, 1.807) is 31.3 Å². The maximum atomic E-state index is 14.7. The molecule has 0 aromatic heterocycles. The van der Waals surface area contributed by atoms with E-state index in [1.807, 2.05) is 0 Å². The number of aliphatic hydroxyl groups excluding tert-OH is 2. The van der Waals surface area contributed by atoms with Gasteiger partial charge in [0, 0.05) is 13.5 Å². The van der Waals surface area contributed by atoms with E-state index in [4.69, 9.17) is 9.47 Å². The molecule has 26 heavy (non-hydrogen) atoms. The molecule has 0 radical (unpaired) electrons. The molecule has 6 nitrogen and oxygen atoms in total. The molecule has 9 heteroatoms. The van der Waals surface area contributed by atoms with Crippen LogP contribution in [0.25, 0.3) is 0 Å². The number of methoxy groups -OCH3 is 1. The van der Waals surface area contributed by atoms with Crippen LogP contribution in [0.15, 0.2) is 29.3 Å².